The van der Waals surface area contributed by atoms with Gasteiger partial charge in [-0.25, -0.2) is 4.39 Å². The van der Waals surface area contributed by atoms with E-state index in [1.54, 1.807) is 31.2 Å². The SMILES string of the molecule is CC(O)c1ccccc1OCC(=O)Nc1ccc(F)cc1. The molecule has 2 N–H and O–H groups in total. The van der Waals surface area contributed by atoms with Crippen molar-refractivity contribution in [3.63, 3.8) is 0 Å². The number of hydrogen-bond acceptors (Lipinski definition) is 3. The van der Waals surface area contributed by atoms with Crippen LogP contribution < -0.4 is 10.1 Å². The van der Waals surface area contributed by atoms with E-state index in [1.165, 1.54) is 24.3 Å². The lowest BCUT2D eigenvalue weighted by molar-refractivity contribution is -0.118. The number of ether oxygens (including phenoxy) is 1. The molecule has 0 fully saturated rings. The van der Waals surface area contributed by atoms with Crippen LogP contribution in [-0.2, 0) is 4.79 Å². The molecule has 21 heavy (non-hydrogen) atoms. The highest BCUT2D eigenvalue weighted by Crippen LogP contribution is 2.24. The zero-order valence-electron chi connectivity index (χ0n) is 11.5. The summed E-state index contributed by atoms with van der Waals surface area (Å²) >= 11 is 0. The van der Waals surface area contributed by atoms with Crippen molar-refractivity contribution in [1.82, 2.24) is 0 Å². The number of benzene rings is 2. The van der Waals surface area contributed by atoms with Crippen LogP contribution >= 0.6 is 0 Å². The number of carbonyl (C=O) groups excluding carboxylic acids is 1. The number of halogens is 1. The van der Waals surface area contributed by atoms with E-state index in [2.05, 4.69) is 5.32 Å². The van der Waals surface area contributed by atoms with Crippen LogP contribution in [0.2, 0.25) is 0 Å². The van der Waals surface area contributed by atoms with Crippen molar-refractivity contribution in [3.8, 4) is 5.75 Å². The van der Waals surface area contributed by atoms with Gasteiger partial charge in [-0.3, -0.25) is 4.79 Å². The summed E-state index contributed by atoms with van der Waals surface area (Å²) in [5.74, 6) is -0.265. The molecule has 0 radical (unpaired) electrons. The quantitative estimate of drug-likeness (QED) is 0.889. The Hall–Kier alpha value is -2.40. The number of carbonyl (C=O) groups is 1. The van der Waals surface area contributed by atoms with Crippen LogP contribution in [0.4, 0.5) is 10.1 Å². The molecule has 110 valence electrons. The largest absolute Gasteiger partial charge is 0.483 e. The fourth-order valence-electron chi connectivity index (χ4n) is 1.83. The van der Waals surface area contributed by atoms with E-state index in [0.717, 1.165) is 0 Å². The number of hydrogen-bond donors (Lipinski definition) is 2. The van der Waals surface area contributed by atoms with Gasteiger partial charge in [-0.05, 0) is 37.3 Å². The van der Waals surface area contributed by atoms with E-state index in [9.17, 15) is 14.3 Å². The minimum Gasteiger partial charge on any atom is -0.483 e. The van der Waals surface area contributed by atoms with Gasteiger partial charge in [-0.15, -0.1) is 0 Å². The van der Waals surface area contributed by atoms with E-state index in [-0.39, 0.29) is 18.3 Å². The Labute approximate surface area is 122 Å². The van der Waals surface area contributed by atoms with Crippen LogP contribution in [0.3, 0.4) is 0 Å². The molecule has 0 aliphatic carbocycles. The smallest absolute Gasteiger partial charge is 0.262 e. The fraction of sp³-hybridized carbons (Fsp3) is 0.188. The summed E-state index contributed by atoms with van der Waals surface area (Å²) < 4.78 is 18.2. The van der Waals surface area contributed by atoms with Gasteiger partial charge in [0, 0.05) is 11.3 Å². The number of para-hydroxylation sites is 1. The second kappa shape index (κ2) is 6.85. The molecule has 0 heterocycles. The average molecular weight is 289 g/mol. The van der Waals surface area contributed by atoms with Gasteiger partial charge in [-0.2, -0.15) is 0 Å². The summed E-state index contributed by atoms with van der Waals surface area (Å²) in [6.45, 7) is 1.43. The molecule has 0 bridgehead atoms. The monoisotopic (exact) mass is 289 g/mol. The Bertz CT molecular complexity index is 611. The summed E-state index contributed by atoms with van der Waals surface area (Å²) in [6.07, 6.45) is -0.679. The first-order valence-electron chi connectivity index (χ1n) is 6.51. The highest BCUT2D eigenvalue weighted by Gasteiger charge is 2.10. The summed E-state index contributed by atoms with van der Waals surface area (Å²) in [5.41, 5.74) is 1.11. The summed E-state index contributed by atoms with van der Waals surface area (Å²) in [4.78, 5) is 11.8. The molecule has 2 rings (SSSR count). The molecule has 0 spiro atoms. The van der Waals surface area contributed by atoms with Crippen molar-refractivity contribution < 1.29 is 19.0 Å². The first-order chi connectivity index (χ1) is 10.1. The average Bonchev–Trinajstić information content (AvgIpc) is 2.48. The molecule has 2 aromatic rings. The lowest BCUT2D eigenvalue weighted by Crippen LogP contribution is -2.20. The Balaban J connectivity index is 1.94. The van der Waals surface area contributed by atoms with E-state index < -0.39 is 6.10 Å². The van der Waals surface area contributed by atoms with E-state index in [1.807, 2.05) is 0 Å². The molecule has 0 aliphatic heterocycles. The maximum atomic E-state index is 12.8. The van der Waals surface area contributed by atoms with Crippen molar-refractivity contribution in [2.24, 2.45) is 0 Å². The molecular weight excluding hydrogens is 273 g/mol. The van der Waals surface area contributed by atoms with E-state index in [4.69, 9.17) is 4.74 Å². The highest BCUT2D eigenvalue weighted by atomic mass is 19.1. The molecule has 1 atom stereocenters. The van der Waals surface area contributed by atoms with Gasteiger partial charge >= 0.3 is 0 Å². The third-order valence-corrected chi connectivity index (χ3v) is 2.86. The minimum atomic E-state index is -0.679. The molecule has 5 heteroatoms. The van der Waals surface area contributed by atoms with Crippen LogP contribution in [0.25, 0.3) is 0 Å². The van der Waals surface area contributed by atoms with Crippen molar-refractivity contribution in [2.75, 3.05) is 11.9 Å². The predicted molar refractivity (Wildman–Crippen MR) is 77.6 cm³/mol. The number of anilines is 1. The second-order valence-electron chi connectivity index (χ2n) is 4.56. The van der Waals surface area contributed by atoms with Gasteiger partial charge in [0.25, 0.3) is 5.91 Å². The lowest BCUT2D eigenvalue weighted by atomic mass is 10.1. The highest BCUT2D eigenvalue weighted by molar-refractivity contribution is 5.91. The Morgan fingerprint density at radius 1 is 1.24 bits per heavy atom. The first kappa shape index (κ1) is 15.0. The zero-order chi connectivity index (χ0) is 15.2. The first-order valence-corrected chi connectivity index (χ1v) is 6.51. The Morgan fingerprint density at radius 2 is 1.90 bits per heavy atom. The van der Waals surface area contributed by atoms with Crippen LogP contribution in [-0.4, -0.2) is 17.6 Å². The molecule has 0 saturated carbocycles. The van der Waals surface area contributed by atoms with Crippen LogP contribution in [0.1, 0.15) is 18.6 Å². The molecule has 0 saturated heterocycles. The van der Waals surface area contributed by atoms with Crippen molar-refractivity contribution in [1.29, 1.82) is 0 Å². The van der Waals surface area contributed by atoms with Crippen molar-refractivity contribution in [3.05, 3.63) is 59.9 Å². The number of aliphatic hydroxyl groups is 1. The van der Waals surface area contributed by atoms with Gasteiger partial charge in [0.1, 0.15) is 11.6 Å². The fourth-order valence-corrected chi connectivity index (χ4v) is 1.83. The number of nitrogens with one attached hydrogen (secondary N) is 1. The zero-order valence-corrected chi connectivity index (χ0v) is 11.5. The van der Waals surface area contributed by atoms with Crippen molar-refractivity contribution >= 4 is 11.6 Å². The molecule has 1 unspecified atom stereocenters. The third-order valence-electron chi connectivity index (χ3n) is 2.86. The van der Waals surface area contributed by atoms with Gasteiger partial charge in [0.2, 0.25) is 0 Å². The summed E-state index contributed by atoms with van der Waals surface area (Å²) in [6, 6.07) is 12.4. The van der Waals surface area contributed by atoms with E-state index in [0.29, 0.717) is 17.0 Å². The van der Waals surface area contributed by atoms with Gasteiger partial charge in [-0.1, -0.05) is 18.2 Å². The standard InChI is InChI=1S/C16H16FNO3/c1-11(19)14-4-2-3-5-15(14)21-10-16(20)18-13-8-6-12(17)7-9-13/h2-9,11,19H,10H2,1H3,(H,18,20). The second-order valence-corrected chi connectivity index (χ2v) is 4.56. The Kier molecular flexibility index (Phi) is 4.90. The van der Waals surface area contributed by atoms with Gasteiger partial charge < -0.3 is 15.2 Å². The number of rotatable bonds is 5. The summed E-state index contributed by atoms with van der Waals surface area (Å²) in [7, 11) is 0. The molecule has 0 aromatic heterocycles. The number of aliphatic hydroxyl groups excluding tert-OH is 1. The summed E-state index contributed by atoms with van der Waals surface area (Å²) in [5, 5.41) is 12.2. The third kappa shape index (κ3) is 4.29. The molecule has 0 aliphatic rings. The normalized spacial score (nSPS) is 11.8. The maximum absolute atomic E-state index is 12.8. The molecule has 1 amide bonds. The maximum Gasteiger partial charge on any atom is 0.262 e. The predicted octanol–water partition coefficient (Wildman–Crippen LogP) is 2.90. The number of amides is 1. The Morgan fingerprint density at radius 3 is 2.57 bits per heavy atom. The topological polar surface area (TPSA) is 58.6 Å². The minimum absolute atomic E-state index is 0.193. The van der Waals surface area contributed by atoms with E-state index >= 15 is 0 Å². The van der Waals surface area contributed by atoms with Crippen LogP contribution in [0, 0.1) is 5.82 Å². The molecular formula is C16H16FNO3. The van der Waals surface area contributed by atoms with Crippen molar-refractivity contribution in [2.45, 2.75) is 13.0 Å². The van der Waals surface area contributed by atoms with Crippen LogP contribution in [0.5, 0.6) is 5.75 Å². The van der Waals surface area contributed by atoms with Gasteiger partial charge in [0.15, 0.2) is 6.61 Å². The molecule has 4 nitrogen and oxygen atoms in total. The van der Waals surface area contributed by atoms with Gasteiger partial charge in [0.05, 0.1) is 6.10 Å². The lowest BCUT2D eigenvalue weighted by Gasteiger charge is -2.13. The molecule has 2 aromatic carbocycles. The van der Waals surface area contributed by atoms with Crippen LogP contribution in [0.15, 0.2) is 48.5 Å².